The van der Waals surface area contributed by atoms with Crippen LogP contribution in [-0.2, 0) is 19.2 Å². The molecule has 0 aromatic rings. The Labute approximate surface area is 96.9 Å². The quantitative estimate of drug-likeness (QED) is 0.256. The Hall–Kier alpha value is -0.910. The number of oxime groups is 1. The second-order valence-corrected chi connectivity index (χ2v) is 4.24. The minimum Gasteiger partial charge on any atom is -0.455 e. The number of ketones is 1. The molecule has 0 aliphatic heterocycles. The molecule has 0 aromatic carbocycles. The van der Waals surface area contributed by atoms with Crippen LogP contribution in [-0.4, -0.2) is 35.5 Å². The number of nitrogens with zero attached hydrogens (tertiary/aromatic N) is 1. The van der Waals surface area contributed by atoms with Crippen LogP contribution in [0.3, 0.4) is 0 Å². The zero-order valence-corrected chi connectivity index (χ0v) is 10.8. The molecule has 0 bridgehead atoms. The highest BCUT2D eigenvalue weighted by atomic mass is 79.9. The van der Waals surface area contributed by atoms with Gasteiger partial charge in [-0.2, -0.15) is 0 Å². The van der Waals surface area contributed by atoms with E-state index in [0.717, 1.165) is 0 Å². The molecule has 0 aromatic heterocycles. The lowest BCUT2D eigenvalue weighted by Gasteiger charge is -2.19. The molecule has 0 radical (unpaired) electrons. The Balaban J connectivity index is 4.74. The molecule has 0 fully saturated rings. The van der Waals surface area contributed by atoms with Crippen molar-refractivity contribution in [2.24, 2.45) is 5.16 Å². The highest BCUT2D eigenvalue weighted by Crippen LogP contribution is 2.08. The number of Topliss-reactive ketones (excluding diaryl/α,β-unsaturated/α-hetero) is 1. The van der Waals surface area contributed by atoms with Gasteiger partial charge in [-0.25, -0.2) is 4.79 Å². The van der Waals surface area contributed by atoms with Gasteiger partial charge in [-0.1, -0.05) is 21.1 Å². The van der Waals surface area contributed by atoms with Crippen LogP contribution in [0.25, 0.3) is 0 Å². The number of halogens is 1. The first-order valence-corrected chi connectivity index (χ1v) is 5.37. The first-order valence-electron chi connectivity index (χ1n) is 4.25. The molecule has 0 saturated carbocycles. The highest BCUT2D eigenvalue weighted by Gasteiger charge is 2.26. The Morgan fingerprint density at radius 3 is 2.20 bits per heavy atom. The lowest BCUT2D eigenvalue weighted by Crippen LogP contribution is -2.33. The molecule has 5 nitrogen and oxygen atoms in total. The summed E-state index contributed by atoms with van der Waals surface area (Å²) in [5.41, 5.74) is -1.01. The van der Waals surface area contributed by atoms with E-state index in [4.69, 9.17) is 4.74 Å². The molecule has 0 unspecified atom stereocenters. The summed E-state index contributed by atoms with van der Waals surface area (Å²) < 4.78 is 4.98. The summed E-state index contributed by atoms with van der Waals surface area (Å²) >= 11 is 2.94. The lowest BCUT2D eigenvalue weighted by molar-refractivity contribution is -0.146. The lowest BCUT2D eigenvalue weighted by atomic mass is 10.2. The van der Waals surface area contributed by atoms with Gasteiger partial charge >= 0.3 is 5.97 Å². The minimum absolute atomic E-state index is 0.00552. The second-order valence-electron chi connectivity index (χ2n) is 3.68. The van der Waals surface area contributed by atoms with Crippen LogP contribution >= 0.6 is 15.9 Å². The third kappa shape index (κ3) is 5.51. The molecule has 0 spiro atoms. The summed E-state index contributed by atoms with van der Waals surface area (Å²) in [4.78, 5) is 27.2. The fraction of sp³-hybridized carbons (Fsp3) is 0.667. The van der Waals surface area contributed by atoms with Gasteiger partial charge in [-0.05, 0) is 20.8 Å². The highest BCUT2D eigenvalue weighted by molar-refractivity contribution is 9.09. The molecule has 0 amide bonds. The van der Waals surface area contributed by atoms with Crippen molar-refractivity contribution < 1.29 is 19.2 Å². The molecule has 0 atom stereocenters. The van der Waals surface area contributed by atoms with Gasteiger partial charge in [-0.3, -0.25) is 4.79 Å². The average molecular weight is 280 g/mol. The van der Waals surface area contributed by atoms with Gasteiger partial charge in [0.15, 0.2) is 0 Å². The first kappa shape index (κ1) is 14.1. The van der Waals surface area contributed by atoms with Crippen molar-refractivity contribution >= 4 is 33.4 Å². The Morgan fingerprint density at radius 1 is 1.33 bits per heavy atom. The molecule has 0 aliphatic rings. The largest absolute Gasteiger partial charge is 0.455 e. The van der Waals surface area contributed by atoms with Crippen LogP contribution in [0.5, 0.6) is 0 Å². The van der Waals surface area contributed by atoms with Crippen molar-refractivity contribution in [2.45, 2.75) is 26.4 Å². The standard InChI is InChI=1S/C9H14BrNO4/c1-9(2,3)15-8(13)7(11-14-4)6(12)5-10/h5H2,1-4H3. The van der Waals surface area contributed by atoms with E-state index in [1.807, 2.05) is 0 Å². The number of ether oxygens (including phenoxy) is 1. The zero-order valence-electron chi connectivity index (χ0n) is 9.17. The molecule has 15 heavy (non-hydrogen) atoms. The smallest absolute Gasteiger partial charge is 0.364 e. The summed E-state index contributed by atoms with van der Waals surface area (Å²) in [6.07, 6.45) is 0. The Kier molecular flexibility index (Phi) is 5.49. The number of carbonyl (C=O) groups excluding carboxylic acids is 2. The van der Waals surface area contributed by atoms with E-state index in [-0.39, 0.29) is 11.0 Å². The maximum Gasteiger partial charge on any atom is 0.364 e. The van der Waals surface area contributed by atoms with Gasteiger partial charge in [0.05, 0.1) is 5.33 Å². The summed E-state index contributed by atoms with van der Waals surface area (Å²) in [6, 6.07) is 0. The summed E-state index contributed by atoms with van der Waals surface area (Å²) in [5.74, 6) is -1.26. The number of alkyl halides is 1. The number of hydrogen-bond donors (Lipinski definition) is 0. The van der Waals surface area contributed by atoms with Crippen LogP contribution in [0.1, 0.15) is 20.8 Å². The van der Waals surface area contributed by atoms with Crippen molar-refractivity contribution in [3.05, 3.63) is 0 Å². The third-order valence-electron chi connectivity index (χ3n) is 1.16. The number of hydrogen-bond acceptors (Lipinski definition) is 5. The third-order valence-corrected chi connectivity index (χ3v) is 1.67. The van der Waals surface area contributed by atoms with Crippen molar-refractivity contribution in [3.8, 4) is 0 Å². The van der Waals surface area contributed by atoms with Crippen LogP contribution in [0, 0.1) is 0 Å². The van der Waals surface area contributed by atoms with Crippen LogP contribution in [0.4, 0.5) is 0 Å². The van der Waals surface area contributed by atoms with Gasteiger partial charge in [0.25, 0.3) is 0 Å². The first-order chi connectivity index (χ1) is 6.81. The maximum absolute atomic E-state index is 11.5. The average Bonchev–Trinajstić information content (AvgIpc) is 2.10. The number of rotatable bonds is 4. The summed E-state index contributed by atoms with van der Waals surface area (Å²) in [7, 11) is 1.26. The van der Waals surface area contributed by atoms with Gasteiger partial charge in [0, 0.05) is 0 Å². The van der Waals surface area contributed by atoms with Crippen molar-refractivity contribution in [1.29, 1.82) is 0 Å². The van der Waals surface area contributed by atoms with Crippen LogP contribution in [0.2, 0.25) is 0 Å². The fourth-order valence-electron chi connectivity index (χ4n) is 0.683. The van der Waals surface area contributed by atoms with E-state index in [9.17, 15) is 9.59 Å². The molecule has 0 aliphatic carbocycles. The molecule has 6 heteroatoms. The monoisotopic (exact) mass is 279 g/mol. The van der Waals surface area contributed by atoms with Crippen molar-refractivity contribution in [2.75, 3.05) is 12.4 Å². The predicted molar refractivity (Wildman–Crippen MR) is 59.1 cm³/mol. The topological polar surface area (TPSA) is 65.0 Å². The SMILES string of the molecule is CON=C(C(=O)CBr)C(=O)OC(C)(C)C. The summed E-state index contributed by atoms with van der Waals surface area (Å²) in [6.45, 7) is 5.11. The molecule has 0 heterocycles. The van der Waals surface area contributed by atoms with Crippen LogP contribution < -0.4 is 0 Å². The normalized spacial score (nSPS) is 12.2. The van der Waals surface area contributed by atoms with Crippen molar-refractivity contribution in [1.82, 2.24) is 0 Å². The van der Waals surface area contributed by atoms with E-state index >= 15 is 0 Å². The fourth-order valence-corrected chi connectivity index (χ4v) is 0.949. The van der Waals surface area contributed by atoms with E-state index in [1.54, 1.807) is 20.8 Å². The molecule has 0 N–H and O–H groups in total. The predicted octanol–water partition coefficient (Wildman–Crippen LogP) is 1.29. The zero-order chi connectivity index (χ0) is 12.1. The van der Waals surface area contributed by atoms with E-state index in [2.05, 4.69) is 25.9 Å². The van der Waals surface area contributed by atoms with Gasteiger partial charge in [-0.15, -0.1) is 0 Å². The molecule has 0 saturated heterocycles. The molecule has 0 rings (SSSR count). The van der Waals surface area contributed by atoms with Gasteiger partial charge in [0.2, 0.25) is 11.5 Å². The molecular weight excluding hydrogens is 266 g/mol. The number of esters is 1. The maximum atomic E-state index is 11.5. The molecular formula is C9H14BrNO4. The Morgan fingerprint density at radius 2 is 1.87 bits per heavy atom. The van der Waals surface area contributed by atoms with E-state index in [0.29, 0.717) is 0 Å². The molecule has 86 valence electrons. The summed E-state index contributed by atoms with van der Waals surface area (Å²) in [5, 5.41) is 3.34. The van der Waals surface area contributed by atoms with Gasteiger partial charge < -0.3 is 9.57 Å². The van der Waals surface area contributed by atoms with E-state index in [1.165, 1.54) is 7.11 Å². The minimum atomic E-state index is -0.784. The van der Waals surface area contributed by atoms with E-state index < -0.39 is 17.4 Å². The van der Waals surface area contributed by atoms with Crippen LogP contribution in [0.15, 0.2) is 5.16 Å². The van der Waals surface area contributed by atoms with Crippen molar-refractivity contribution in [3.63, 3.8) is 0 Å². The Bertz CT molecular complexity index is 280. The second kappa shape index (κ2) is 5.85. The number of carbonyl (C=O) groups is 2. The van der Waals surface area contributed by atoms with Gasteiger partial charge in [0.1, 0.15) is 12.7 Å².